The van der Waals surface area contributed by atoms with Crippen LogP contribution in [0.1, 0.15) is 53.5 Å². The lowest BCUT2D eigenvalue weighted by Gasteiger charge is -2.16. The molecule has 1 aromatic carbocycles. The van der Waals surface area contributed by atoms with Crippen molar-refractivity contribution in [2.45, 2.75) is 60.0 Å². The Bertz CT molecular complexity index is 582. The highest BCUT2D eigenvalue weighted by Gasteiger charge is 2.29. The number of halogens is 1. The van der Waals surface area contributed by atoms with Crippen LogP contribution in [0.25, 0.3) is 0 Å². The van der Waals surface area contributed by atoms with Crippen molar-refractivity contribution in [2.24, 2.45) is 0 Å². The molecule has 0 saturated heterocycles. The monoisotopic (exact) mass is 468 g/mol. The standard InChI is InChI=1S/C10H11FO.C3H8.C2H6.2H3O3PS/c1-10(2)6-7-5-8(11)3-4-9(7)12-10;1-3-2;1-2;2*1-4(2,3)5/h3-5H,6H2,1-2H3;3H2,1-2H3;1-2H3;2*(H3,1,2,3,5). The highest BCUT2D eigenvalue weighted by atomic mass is 32.5. The Kier molecular flexibility index (Phi) is 17.5. The van der Waals surface area contributed by atoms with Gasteiger partial charge in [0.05, 0.1) is 0 Å². The van der Waals surface area contributed by atoms with Gasteiger partial charge in [-0.3, -0.25) is 0 Å². The third-order valence-corrected chi connectivity index (χ3v) is 2.02. The van der Waals surface area contributed by atoms with Crippen molar-refractivity contribution in [1.82, 2.24) is 0 Å². The smallest absolute Gasteiger partial charge is 0.319 e. The molecule has 0 fully saturated rings. The summed E-state index contributed by atoms with van der Waals surface area (Å²) in [5, 5.41) is 0. The molecule has 12 heteroatoms. The minimum absolute atomic E-state index is 0.171. The molecule has 1 aliphatic heterocycles. The minimum atomic E-state index is -3.81. The molecule has 0 aromatic heterocycles. The lowest BCUT2D eigenvalue weighted by molar-refractivity contribution is 0.138. The van der Waals surface area contributed by atoms with Gasteiger partial charge in [-0.15, -0.1) is 0 Å². The lowest BCUT2D eigenvalue weighted by atomic mass is 10.0. The van der Waals surface area contributed by atoms with Crippen molar-refractivity contribution in [2.75, 3.05) is 0 Å². The maximum atomic E-state index is 12.8. The van der Waals surface area contributed by atoms with Crippen LogP contribution >= 0.6 is 13.4 Å². The topological polar surface area (TPSA) is 131 Å². The minimum Gasteiger partial charge on any atom is -0.487 e. The SMILES string of the molecule is CC.CC1(C)Cc2cc(F)ccc2O1.CCC.OP(O)(O)=S.OP(O)(O)=S. The summed E-state index contributed by atoms with van der Waals surface area (Å²) in [5.74, 6) is 0.636. The second-order valence-corrected chi connectivity index (χ2v) is 10.5. The second kappa shape index (κ2) is 14.9. The third kappa shape index (κ3) is 28.3. The molecule has 6 N–H and O–H groups in total. The molecule has 0 unspecified atom stereocenters. The van der Waals surface area contributed by atoms with Crippen molar-refractivity contribution in [1.29, 1.82) is 0 Å². The highest BCUT2D eigenvalue weighted by Crippen LogP contribution is 2.34. The van der Waals surface area contributed by atoms with E-state index in [2.05, 4.69) is 37.5 Å². The summed E-state index contributed by atoms with van der Waals surface area (Å²) in [7, 11) is 0. The normalized spacial score (nSPS) is 13.5. The molecular weight excluding hydrogens is 437 g/mol. The Morgan fingerprint density at radius 3 is 1.67 bits per heavy atom. The van der Waals surface area contributed by atoms with Crippen molar-refractivity contribution in [3.8, 4) is 5.75 Å². The molecule has 7 nitrogen and oxygen atoms in total. The van der Waals surface area contributed by atoms with E-state index in [-0.39, 0.29) is 11.4 Å². The first-order valence-electron chi connectivity index (χ1n) is 8.02. The zero-order valence-corrected chi connectivity index (χ0v) is 19.7. The predicted octanol–water partition coefficient (Wildman–Crippen LogP) is 3.36. The van der Waals surface area contributed by atoms with E-state index in [4.69, 9.17) is 34.1 Å². The van der Waals surface area contributed by atoms with Crippen molar-refractivity contribution < 1.29 is 38.5 Å². The maximum absolute atomic E-state index is 12.8. The van der Waals surface area contributed by atoms with Gasteiger partial charge in [-0.25, -0.2) is 4.39 Å². The van der Waals surface area contributed by atoms with Crippen LogP contribution in [0.4, 0.5) is 4.39 Å². The van der Waals surface area contributed by atoms with Crippen LogP contribution < -0.4 is 4.74 Å². The van der Waals surface area contributed by atoms with Crippen LogP contribution in [-0.4, -0.2) is 35.0 Å². The molecule has 0 atom stereocenters. The van der Waals surface area contributed by atoms with E-state index in [1.54, 1.807) is 12.1 Å². The van der Waals surface area contributed by atoms with E-state index in [1.165, 1.54) is 12.5 Å². The summed E-state index contributed by atoms with van der Waals surface area (Å²) in [6.45, 7) is 4.65. The van der Waals surface area contributed by atoms with E-state index in [0.29, 0.717) is 0 Å². The molecule has 0 radical (unpaired) electrons. The molecular formula is C15H31FO7P2S2. The molecule has 2 rings (SSSR count). The van der Waals surface area contributed by atoms with Crippen LogP contribution in [0.2, 0.25) is 0 Å². The van der Waals surface area contributed by atoms with E-state index in [1.807, 2.05) is 27.7 Å². The molecule has 0 amide bonds. The Labute approximate surface area is 171 Å². The Morgan fingerprint density at radius 1 is 1.00 bits per heavy atom. The molecule has 0 saturated carbocycles. The Hall–Kier alpha value is 0.01000. The average molecular weight is 468 g/mol. The van der Waals surface area contributed by atoms with Gasteiger partial charge in [0.15, 0.2) is 0 Å². The summed E-state index contributed by atoms with van der Waals surface area (Å²) < 4.78 is 18.3. The molecule has 0 spiro atoms. The predicted molar refractivity (Wildman–Crippen MR) is 114 cm³/mol. The zero-order valence-electron chi connectivity index (χ0n) is 16.3. The van der Waals surface area contributed by atoms with Crippen molar-refractivity contribution >= 4 is 37.1 Å². The fourth-order valence-electron chi connectivity index (χ4n) is 1.58. The van der Waals surface area contributed by atoms with Gasteiger partial charge in [0.1, 0.15) is 17.2 Å². The first-order valence-corrected chi connectivity index (χ1v) is 13.3. The molecule has 1 heterocycles. The Balaban J connectivity index is -0.000000325. The number of ether oxygens (including phenoxy) is 1. The quantitative estimate of drug-likeness (QED) is 0.317. The largest absolute Gasteiger partial charge is 0.487 e. The number of fused-ring (bicyclic) bond motifs is 1. The fraction of sp³-hybridized carbons (Fsp3) is 0.600. The third-order valence-electron chi connectivity index (χ3n) is 2.02. The summed E-state index contributed by atoms with van der Waals surface area (Å²) >= 11 is 7.21. The molecule has 0 bridgehead atoms. The summed E-state index contributed by atoms with van der Waals surface area (Å²) in [4.78, 5) is 45.3. The molecule has 1 aliphatic rings. The first kappa shape index (κ1) is 31.7. The maximum Gasteiger partial charge on any atom is 0.319 e. The van der Waals surface area contributed by atoms with E-state index >= 15 is 0 Å². The van der Waals surface area contributed by atoms with Crippen LogP contribution in [-0.2, 0) is 30.0 Å². The van der Waals surface area contributed by atoms with Gasteiger partial charge in [-0.1, -0.05) is 34.1 Å². The average Bonchev–Trinajstić information content (AvgIpc) is 2.71. The van der Waals surface area contributed by atoms with Gasteiger partial charge >= 0.3 is 13.4 Å². The second-order valence-electron chi connectivity index (χ2n) is 5.52. The van der Waals surface area contributed by atoms with Crippen LogP contribution in [0.15, 0.2) is 18.2 Å². The molecule has 162 valence electrons. The van der Waals surface area contributed by atoms with Gasteiger partial charge < -0.3 is 34.1 Å². The van der Waals surface area contributed by atoms with Crippen molar-refractivity contribution in [3.05, 3.63) is 29.6 Å². The Morgan fingerprint density at radius 2 is 1.33 bits per heavy atom. The van der Waals surface area contributed by atoms with Crippen LogP contribution in [0, 0.1) is 5.82 Å². The molecule has 27 heavy (non-hydrogen) atoms. The number of hydrogen-bond donors (Lipinski definition) is 6. The van der Waals surface area contributed by atoms with Crippen LogP contribution in [0.3, 0.4) is 0 Å². The highest BCUT2D eigenvalue weighted by molar-refractivity contribution is 8.06. The van der Waals surface area contributed by atoms with E-state index in [9.17, 15) is 4.39 Å². The van der Waals surface area contributed by atoms with Gasteiger partial charge in [-0.05, 0) is 55.7 Å². The first-order chi connectivity index (χ1) is 12.0. The molecule has 1 aromatic rings. The van der Waals surface area contributed by atoms with Gasteiger partial charge in [-0.2, -0.15) is 0 Å². The van der Waals surface area contributed by atoms with Gasteiger partial charge in [0.25, 0.3) is 0 Å². The van der Waals surface area contributed by atoms with E-state index in [0.717, 1.165) is 17.7 Å². The zero-order chi connectivity index (χ0) is 22.5. The lowest BCUT2D eigenvalue weighted by Crippen LogP contribution is -2.24. The van der Waals surface area contributed by atoms with Crippen LogP contribution in [0.5, 0.6) is 5.75 Å². The number of hydrogen-bond acceptors (Lipinski definition) is 3. The summed E-state index contributed by atoms with van der Waals surface area (Å²) in [5.41, 5.74) is 0.802. The van der Waals surface area contributed by atoms with Gasteiger partial charge in [0.2, 0.25) is 0 Å². The molecule has 0 aliphatic carbocycles. The van der Waals surface area contributed by atoms with E-state index < -0.39 is 13.4 Å². The van der Waals surface area contributed by atoms with Gasteiger partial charge in [0, 0.05) is 12.0 Å². The number of benzene rings is 1. The summed E-state index contributed by atoms with van der Waals surface area (Å²) in [6.07, 6.45) is 2.04. The fourth-order valence-corrected chi connectivity index (χ4v) is 1.58. The summed E-state index contributed by atoms with van der Waals surface area (Å²) in [6, 6.07) is 4.67. The van der Waals surface area contributed by atoms with Crippen molar-refractivity contribution in [3.63, 3.8) is 0 Å². The number of rotatable bonds is 0.